The fraction of sp³-hybridized carbons (Fsp3) is 0.520. The van der Waals surface area contributed by atoms with Crippen LogP contribution >= 0.6 is 0 Å². The van der Waals surface area contributed by atoms with Gasteiger partial charge in [-0.2, -0.15) is 8.78 Å². The van der Waals surface area contributed by atoms with Crippen molar-refractivity contribution in [1.82, 2.24) is 14.7 Å². The Kier molecular flexibility index (Phi) is 8.08. The van der Waals surface area contributed by atoms with E-state index in [1.54, 1.807) is 12.1 Å². The Bertz CT molecular complexity index is 814. The van der Waals surface area contributed by atoms with Crippen molar-refractivity contribution in [3.8, 4) is 5.75 Å². The van der Waals surface area contributed by atoms with Crippen molar-refractivity contribution in [2.24, 2.45) is 0 Å². The van der Waals surface area contributed by atoms with Crippen LogP contribution in [0, 0.1) is 0 Å². The number of ether oxygens (including phenoxy) is 1. The summed E-state index contributed by atoms with van der Waals surface area (Å²) in [5.74, 6) is 0.172. The van der Waals surface area contributed by atoms with Gasteiger partial charge in [0.05, 0.1) is 6.10 Å². The van der Waals surface area contributed by atoms with Gasteiger partial charge in [0, 0.05) is 58.4 Å². The number of rotatable bonds is 8. The highest BCUT2D eigenvalue weighted by Gasteiger charge is 2.33. The summed E-state index contributed by atoms with van der Waals surface area (Å²) in [6.07, 6.45) is 1.65. The zero-order chi connectivity index (χ0) is 22.3. The first kappa shape index (κ1) is 23.1. The minimum absolute atomic E-state index is 0.172. The normalized spacial score (nSPS) is 23.5. The van der Waals surface area contributed by atoms with Crippen LogP contribution in [0.4, 0.5) is 8.78 Å². The van der Waals surface area contributed by atoms with Crippen LogP contribution in [0.3, 0.4) is 0 Å². The molecule has 32 heavy (non-hydrogen) atoms. The minimum atomic E-state index is -2.80. The minimum Gasteiger partial charge on any atom is -0.435 e. The molecule has 0 amide bonds. The molecule has 2 fully saturated rings. The van der Waals surface area contributed by atoms with Crippen molar-refractivity contribution in [2.45, 2.75) is 38.1 Å². The van der Waals surface area contributed by atoms with Gasteiger partial charge in [0.25, 0.3) is 0 Å². The molecule has 0 aliphatic carbocycles. The molecule has 5 nitrogen and oxygen atoms in total. The molecule has 174 valence electrons. The third-order valence-electron chi connectivity index (χ3n) is 6.62. The van der Waals surface area contributed by atoms with E-state index in [4.69, 9.17) is 0 Å². The summed E-state index contributed by atoms with van der Waals surface area (Å²) in [6.45, 7) is 4.63. The van der Waals surface area contributed by atoms with Crippen LogP contribution in [0.5, 0.6) is 5.75 Å². The fourth-order valence-corrected chi connectivity index (χ4v) is 4.84. The Morgan fingerprint density at radius 1 is 0.875 bits per heavy atom. The highest BCUT2D eigenvalue weighted by Crippen LogP contribution is 2.22. The van der Waals surface area contributed by atoms with Crippen LogP contribution in [0.2, 0.25) is 0 Å². The van der Waals surface area contributed by atoms with E-state index in [0.29, 0.717) is 13.1 Å². The number of likely N-dealkylation sites (tertiary alicyclic amines) is 1. The lowest BCUT2D eigenvalue weighted by molar-refractivity contribution is -0.0499. The lowest BCUT2D eigenvalue weighted by Crippen LogP contribution is -2.58. The van der Waals surface area contributed by atoms with Gasteiger partial charge in [-0.25, -0.2) is 0 Å². The lowest BCUT2D eigenvalue weighted by atomic mass is 9.98. The molecular weight excluding hydrogens is 412 g/mol. The number of β-amino-alcohol motifs (C(OH)–C–C–N with tert-alkyl or cyclic N) is 1. The molecule has 0 aromatic heterocycles. The van der Waals surface area contributed by atoms with Crippen LogP contribution in [0.25, 0.3) is 0 Å². The van der Waals surface area contributed by atoms with Gasteiger partial charge in [-0.3, -0.25) is 9.80 Å². The summed E-state index contributed by atoms with van der Waals surface area (Å²) in [4.78, 5) is 7.21. The molecule has 2 aliphatic rings. The number of aliphatic hydroxyl groups is 1. The predicted octanol–water partition coefficient (Wildman–Crippen LogP) is 3.08. The van der Waals surface area contributed by atoms with E-state index in [1.807, 2.05) is 12.1 Å². The summed E-state index contributed by atoms with van der Waals surface area (Å²) in [6, 6.07) is 17.6. The maximum absolute atomic E-state index is 12.3. The van der Waals surface area contributed by atoms with Gasteiger partial charge in [-0.1, -0.05) is 42.5 Å². The fourth-order valence-electron chi connectivity index (χ4n) is 4.84. The molecule has 4 rings (SSSR count). The van der Waals surface area contributed by atoms with Gasteiger partial charge in [-0.15, -0.1) is 0 Å². The predicted molar refractivity (Wildman–Crippen MR) is 121 cm³/mol. The second-order valence-corrected chi connectivity index (χ2v) is 8.79. The number of alkyl halides is 2. The third-order valence-corrected chi connectivity index (χ3v) is 6.62. The van der Waals surface area contributed by atoms with Gasteiger partial charge in [0.15, 0.2) is 0 Å². The number of hydrogen-bond donors (Lipinski definition) is 1. The molecule has 0 radical (unpaired) electrons. The van der Waals surface area contributed by atoms with E-state index in [0.717, 1.165) is 57.7 Å². The van der Waals surface area contributed by atoms with Crippen molar-refractivity contribution in [2.75, 3.05) is 45.8 Å². The summed E-state index contributed by atoms with van der Waals surface area (Å²) in [5.41, 5.74) is 2.42. The molecule has 0 bridgehead atoms. The average molecular weight is 446 g/mol. The van der Waals surface area contributed by atoms with Crippen molar-refractivity contribution >= 4 is 0 Å². The first-order valence-corrected chi connectivity index (χ1v) is 11.5. The smallest absolute Gasteiger partial charge is 0.387 e. The molecule has 2 atom stereocenters. The zero-order valence-electron chi connectivity index (χ0n) is 18.5. The Labute approximate surface area is 189 Å². The molecule has 0 unspecified atom stereocenters. The Hall–Kier alpha value is -2.06. The van der Waals surface area contributed by atoms with Crippen LogP contribution in [0.15, 0.2) is 54.6 Å². The highest BCUT2D eigenvalue weighted by molar-refractivity contribution is 5.27. The zero-order valence-corrected chi connectivity index (χ0v) is 18.5. The van der Waals surface area contributed by atoms with Crippen LogP contribution < -0.4 is 4.74 Å². The van der Waals surface area contributed by atoms with Gasteiger partial charge in [-0.05, 0) is 36.1 Å². The molecule has 2 aliphatic heterocycles. The standard InChI is InChI=1S/C25H33F2N3O2/c26-25(27)32-22-8-6-21(7-9-22)18-29-13-11-23(24(31)19-29)30-16-14-28(15-17-30)12-10-20-4-2-1-3-5-20/h1-9,23-25,31H,10-19H2/t23-,24-/m1/s1. The van der Waals surface area contributed by atoms with E-state index in [-0.39, 0.29) is 17.9 Å². The van der Waals surface area contributed by atoms with Gasteiger partial charge < -0.3 is 14.7 Å². The number of piperazine rings is 1. The Morgan fingerprint density at radius 2 is 1.59 bits per heavy atom. The SMILES string of the molecule is O[C@@H]1CN(Cc2ccc(OC(F)F)cc2)CC[C@H]1N1CCN(CCc2ccccc2)CC1. The molecule has 0 saturated carbocycles. The van der Waals surface area contributed by atoms with Crippen molar-refractivity contribution in [3.63, 3.8) is 0 Å². The molecule has 2 saturated heterocycles. The molecule has 0 spiro atoms. The molecule has 7 heteroatoms. The highest BCUT2D eigenvalue weighted by atomic mass is 19.3. The van der Waals surface area contributed by atoms with Gasteiger partial charge in [0.2, 0.25) is 0 Å². The van der Waals surface area contributed by atoms with Crippen molar-refractivity contribution in [1.29, 1.82) is 0 Å². The number of nitrogens with zero attached hydrogens (tertiary/aromatic N) is 3. The quantitative estimate of drug-likeness (QED) is 0.676. The Morgan fingerprint density at radius 3 is 2.25 bits per heavy atom. The molecule has 2 heterocycles. The van der Waals surface area contributed by atoms with Crippen LogP contribution in [0.1, 0.15) is 17.5 Å². The topological polar surface area (TPSA) is 39.2 Å². The number of hydrogen-bond acceptors (Lipinski definition) is 5. The number of piperidine rings is 1. The molecule has 1 N–H and O–H groups in total. The summed E-state index contributed by atoms with van der Waals surface area (Å²) >= 11 is 0. The second-order valence-electron chi connectivity index (χ2n) is 8.79. The van der Waals surface area contributed by atoms with Gasteiger partial charge >= 0.3 is 6.61 Å². The summed E-state index contributed by atoms with van der Waals surface area (Å²) < 4.78 is 29.0. The van der Waals surface area contributed by atoms with Gasteiger partial charge in [0.1, 0.15) is 5.75 Å². The molecule has 2 aromatic carbocycles. The third kappa shape index (κ3) is 6.48. The van der Waals surface area contributed by atoms with Crippen molar-refractivity contribution < 1.29 is 18.6 Å². The van der Waals surface area contributed by atoms with Crippen LogP contribution in [-0.4, -0.2) is 84.4 Å². The summed E-state index contributed by atoms with van der Waals surface area (Å²) in [7, 11) is 0. The maximum Gasteiger partial charge on any atom is 0.387 e. The number of halogens is 2. The number of aliphatic hydroxyl groups excluding tert-OH is 1. The van der Waals surface area contributed by atoms with E-state index < -0.39 is 6.61 Å². The van der Waals surface area contributed by atoms with E-state index >= 15 is 0 Å². The maximum atomic E-state index is 12.3. The average Bonchev–Trinajstić information content (AvgIpc) is 2.80. The van der Waals surface area contributed by atoms with Crippen LogP contribution in [-0.2, 0) is 13.0 Å². The lowest BCUT2D eigenvalue weighted by Gasteiger charge is -2.45. The molecule has 2 aromatic rings. The second kappa shape index (κ2) is 11.2. The number of benzene rings is 2. The van der Waals surface area contributed by atoms with E-state index in [2.05, 4.69) is 49.8 Å². The first-order valence-electron chi connectivity index (χ1n) is 11.5. The van der Waals surface area contributed by atoms with E-state index in [9.17, 15) is 13.9 Å². The summed E-state index contributed by atoms with van der Waals surface area (Å²) in [5, 5.41) is 10.8. The Balaban J connectivity index is 1.19. The largest absolute Gasteiger partial charge is 0.435 e. The first-order chi connectivity index (χ1) is 15.6. The van der Waals surface area contributed by atoms with Crippen molar-refractivity contribution in [3.05, 3.63) is 65.7 Å². The molecular formula is C25H33F2N3O2. The van der Waals surface area contributed by atoms with E-state index in [1.165, 1.54) is 5.56 Å². The monoisotopic (exact) mass is 445 g/mol.